The lowest BCUT2D eigenvalue weighted by atomic mass is 10.2. The van der Waals surface area contributed by atoms with Crippen LogP contribution in [-0.4, -0.2) is 6.29 Å². The van der Waals surface area contributed by atoms with E-state index in [0.29, 0.717) is 5.92 Å². The van der Waals surface area contributed by atoms with Gasteiger partial charge in [-0.15, -0.1) is 0 Å². The van der Waals surface area contributed by atoms with Gasteiger partial charge in [-0.3, -0.25) is 0 Å². The highest BCUT2D eigenvalue weighted by molar-refractivity contribution is 5.61. The van der Waals surface area contributed by atoms with Gasteiger partial charge in [0.15, 0.2) is 0 Å². The molecular weight excluding hydrogens is 76.1 g/mol. The van der Waals surface area contributed by atoms with Gasteiger partial charge < -0.3 is 4.79 Å². The minimum Gasteiger partial charge on any atom is -0.303 e. The van der Waals surface area contributed by atoms with Gasteiger partial charge >= 0.3 is 0 Å². The van der Waals surface area contributed by atoms with Crippen molar-refractivity contribution < 1.29 is 4.79 Å². The summed E-state index contributed by atoms with van der Waals surface area (Å²) in [4.78, 5) is 9.56. The molecule has 0 aromatic rings. The second-order valence-corrected chi connectivity index (χ2v) is 1.57. The third-order valence-corrected chi connectivity index (χ3v) is 0.463. The molecule has 0 aromatic carbocycles. The molecule has 0 heterocycles. The first-order valence-electron chi connectivity index (χ1n) is 2.06. The molecular formula is C5H9O. The quantitative estimate of drug-likeness (QED) is 0.458. The van der Waals surface area contributed by atoms with E-state index in [1.807, 2.05) is 13.8 Å². The summed E-state index contributed by atoms with van der Waals surface area (Å²) in [5, 5.41) is 0. The standard InChI is InChI=1S/C5H9O/c1-5(2)3-4-6/h3-5H,1-2H3. The molecule has 0 N–H and O–H groups in total. The molecule has 1 nitrogen and oxygen atoms in total. The number of carbonyl (C=O) groups excluding carboxylic acids is 1. The van der Waals surface area contributed by atoms with E-state index in [9.17, 15) is 4.79 Å². The molecule has 0 fully saturated rings. The molecule has 0 saturated heterocycles. The Balaban J connectivity index is 2.81. The average molecular weight is 85.1 g/mol. The summed E-state index contributed by atoms with van der Waals surface area (Å²) in [5.41, 5.74) is 0. The van der Waals surface area contributed by atoms with Crippen molar-refractivity contribution in [1.29, 1.82) is 0 Å². The predicted molar refractivity (Wildman–Crippen MR) is 25.2 cm³/mol. The fourth-order valence-corrected chi connectivity index (χ4v) is 0.157. The van der Waals surface area contributed by atoms with E-state index in [-0.39, 0.29) is 0 Å². The third kappa shape index (κ3) is 3.67. The van der Waals surface area contributed by atoms with E-state index >= 15 is 0 Å². The van der Waals surface area contributed by atoms with Crippen molar-refractivity contribution in [3.05, 3.63) is 6.42 Å². The van der Waals surface area contributed by atoms with Crippen LogP contribution in [-0.2, 0) is 4.79 Å². The lowest BCUT2D eigenvalue weighted by molar-refractivity contribution is -0.105. The van der Waals surface area contributed by atoms with Gasteiger partial charge in [-0.2, -0.15) is 0 Å². The van der Waals surface area contributed by atoms with Crippen molar-refractivity contribution in [3.63, 3.8) is 0 Å². The molecule has 0 bridgehead atoms. The Morgan fingerprint density at radius 3 is 2.00 bits per heavy atom. The number of aldehydes is 1. The Morgan fingerprint density at radius 2 is 2.00 bits per heavy atom. The lowest BCUT2D eigenvalue weighted by Gasteiger charge is -1.89. The van der Waals surface area contributed by atoms with Crippen LogP contribution in [0.2, 0.25) is 0 Å². The maximum atomic E-state index is 9.56. The summed E-state index contributed by atoms with van der Waals surface area (Å²) in [6.45, 7) is 3.93. The predicted octanol–water partition coefficient (Wildman–Crippen LogP) is 1.05. The number of hydrogen-bond donors (Lipinski definition) is 0. The van der Waals surface area contributed by atoms with Gasteiger partial charge in [0.2, 0.25) is 0 Å². The number of hydrogen-bond acceptors (Lipinski definition) is 1. The van der Waals surface area contributed by atoms with Gasteiger partial charge in [0, 0.05) is 6.42 Å². The molecule has 0 unspecified atom stereocenters. The van der Waals surface area contributed by atoms with Crippen molar-refractivity contribution in [2.45, 2.75) is 13.8 Å². The second-order valence-electron chi connectivity index (χ2n) is 1.57. The zero-order valence-electron chi connectivity index (χ0n) is 4.14. The molecule has 1 heteroatoms. The molecule has 0 saturated carbocycles. The second kappa shape index (κ2) is 2.88. The van der Waals surface area contributed by atoms with Crippen LogP contribution in [0.1, 0.15) is 13.8 Å². The van der Waals surface area contributed by atoms with Crippen LogP contribution >= 0.6 is 0 Å². The van der Waals surface area contributed by atoms with Gasteiger partial charge in [-0.1, -0.05) is 13.8 Å². The number of rotatable bonds is 2. The van der Waals surface area contributed by atoms with Crippen LogP contribution in [0.4, 0.5) is 0 Å². The fraction of sp³-hybridized carbons (Fsp3) is 0.600. The molecule has 6 heavy (non-hydrogen) atoms. The Kier molecular flexibility index (Phi) is 2.73. The van der Waals surface area contributed by atoms with Crippen molar-refractivity contribution in [2.75, 3.05) is 0 Å². The minimum atomic E-state index is 0.405. The van der Waals surface area contributed by atoms with Crippen LogP contribution in [0.25, 0.3) is 0 Å². The van der Waals surface area contributed by atoms with Crippen molar-refractivity contribution in [3.8, 4) is 0 Å². The van der Waals surface area contributed by atoms with Gasteiger partial charge in [0.1, 0.15) is 6.29 Å². The van der Waals surface area contributed by atoms with E-state index < -0.39 is 0 Å². The third-order valence-electron chi connectivity index (χ3n) is 0.463. The first-order valence-corrected chi connectivity index (χ1v) is 2.06. The van der Waals surface area contributed by atoms with Crippen LogP contribution in [0, 0.1) is 12.3 Å². The van der Waals surface area contributed by atoms with E-state index in [0.717, 1.165) is 6.29 Å². The Labute approximate surface area is 38.4 Å². The van der Waals surface area contributed by atoms with Crippen molar-refractivity contribution in [1.82, 2.24) is 0 Å². The maximum Gasteiger partial charge on any atom is 0.124 e. The van der Waals surface area contributed by atoms with Crippen LogP contribution in [0.15, 0.2) is 0 Å². The fourth-order valence-electron chi connectivity index (χ4n) is 0.157. The van der Waals surface area contributed by atoms with Crippen molar-refractivity contribution >= 4 is 6.29 Å². The van der Waals surface area contributed by atoms with Crippen LogP contribution in [0.5, 0.6) is 0 Å². The highest BCUT2D eigenvalue weighted by Gasteiger charge is 1.86. The smallest absolute Gasteiger partial charge is 0.124 e. The molecule has 0 spiro atoms. The molecule has 0 aliphatic carbocycles. The molecule has 0 aromatic heterocycles. The van der Waals surface area contributed by atoms with Gasteiger partial charge in [-0.25, -0.2) is 0 Å². The topological polar surface area (TPSA) is 17.1 Å². The molecule has 0 aliphatic heterocycles. The number of carbonyl (C=O) groups is 1. The van der Waals surface area contributed by atoms with Gasteiger partial charge in [0.25, 0.3) is 0 Å². The van der Waals surface area contributed by atoms with Crippen molar-refractivity contribution in [2.24, 2.45) is 5.92 Å². The van der Waals surface area contributed by atoms with E-state index in [1.165, 1.54) is 0 Å². The Morgan fingerprint density at radius 1 is 1.50 bits per heavy atom. The summed E-state index contributed by atoms with van der Waals surface area (Å²) >= 11 is 0. The summed E-state index contributed by atoms with van der Waals surface area (Å²) < 4.78 is 0. The molecule has 35 valence electrons. The Bertz CT molecular complexity index is 39.2. The minimum absolute atomic E-state index is 0.405. The van der Waals surface area contributed by atoms with Gasteiger partial charge in [-0.05, 0) is 5.92 Å². The largest absolute Gasteiger partial charge is 0.303 e. The normalized spacial score (nSPS) is 9.17. The highest BCUT2D eigenvalue weighted by Crippen LogP contribution is 1.90. The summed E-state index contributed by atoms with van der Waals surface area (Å²) in [6.07, 6.45) is 2.44. The molecule has 0 rings (SSSR count). The molecule has 0 aliphatic rings. The average Bonchev–Trinajstić information content (AvgIpc) is 1.35. The summed E-state index contributed by atoms with van der Waals surface area (Å²) in [7, 11) is 0. The van der Waals surface area contributed by atoms with E-state index in [4.69, 9.17) is 0 Å². The molecule has 0 atom stereocenters. The van der Waals surface area contributed by atoms with Gasteiger partial charge in [0.05, 0.1) is 0 Å². The lowest BCUT2D eigenvalue weighted by Crippen LogP contribution is -1.86. The summed E-state index contributed by atoms with van der Waals surface area (Å²) in [5.74, 6) is 0.405. The summed E-state index contributed by atoms with van der Waals surface area (Å²) in [6, 6.07) is 0. The highest BCUT2D eigenvalue weighted by atomic mass is 16.1. The Hall–Kier alpha value is -0.330. The first kappa shape index (κ1) is 5.67. The van der Waals surface area contributed by atoms with Crippen LogP contribution in [0.3, 0.4) is 0 Å². The SMILES string of the molecule is CC(C)[CH]C=O. The van der Waals surface area contributed by atoms with E-state index in [1.54, 1.807) is 6.42 Å². The zero-order chi connectivity index (χ0) is 4.99. The zero-order valence-corrected chi connectivity index (χ0v) is 4.14. The maximum absolute atomic E-state index is 9.56. The van der Waals surface area contributed by atoms with Crippen LogP contribution < -0.4 is 0 Å². The van der Waals surface area contributed by atoms with E-state index in [2.05, 4.69) is 0 Å². The monoisotopic (exact) mass is 85.1 g/mol. The first-order chi connectivity index (χ1) is 2.77. The molecule has 0 amide bonds. The molecule has 1 radical (unpaired) electrons.